The Hall–Kier alpha value is -2.92. The number of nitrogens with zero attached hydrogens (tertiary/aromatic N) is 3. The predicted octanol–water partition coefficient (Wildman–Crippen LogP) is 3.81. The van der Waals surface area contributed by atoms with Crippen LogP contribution in [0.4, 0.5) is 0 Å². The van der Waals surface area contributed by atoms with Crippen LogP contribution in [0, 0.1) is 6.92 Å². The Labute approximate surface area is 171 Å². The van der Waals surface area contributed by atoms with Gasteiger partial charge in [-0.2, -0.15) is 5.10 Å². The molecule has 1 amide bonds. The lowest BCUT2D eigenvalue weighted by Gasteiger charge is -2.27. The predicted molar refractivity (Wildman–Crippen MR) is 114 cm³/mol. The second-order valence-electron chi connectivity index (χ2n) is 8.13. The van der Waals surface area contributed by atoms with E-state index in [1.54, 1.807) is 0 Å². The standard InChI is InChI=1S/C24H26N4O/c1-17-7-9-19(10-8-17)27-16-22(23(26-27)18-5-3-2-4-6-18)24(29)28-20-11-12-21(28)15-25-14-13-20/h2-10,16,20-21,25H,11-15H2,1H3. The zero-order valence-corrected chi connectivity index (χ0v) is 16.7. The molecule has 2 saturated heterocycles. The maximum absolute atomic E-state index is 13.8. The maximum Gasteiger partial charge on any atom is 0.258 e. The fourth-order valence-electron chi connectivity index (χ4n) is 4.62. The van der Waals surface area contributed by atoms with Crippen molar-refractivity contribution < 1.29 is 4.79 Å². The van der Waals surface area contributed by atoms with E-state index in [1.165, 1.54) is 5.56 Å². The largest absolute Gasteiger partial charge is 0.331 e. The fraction of sp³-hybridized carbons (Fsp3) is 0.333. The number of fused-ring (bicyclic) bond motifs is 2. The molecule has 2 aliphatic rings. The molecule has 3 aromatic rings. The molecular weight excluding hydrogens is 360 g/mol. The molecule has 0 aliphatic carbocycles. The average molecular weight is 386 g/mol. The molecule has 5 rings (SSSR count). The molecule has 29 heavy (non-hydrogen) atoms. The summed E-state index contributed by atoms with van der Waals surface area (Å²) >= 11 is 0. The summed E-state index contributed by atoms with van der Waals surface area (Å²) in [6, 6.07) is 18.9. The van der Waals surface area contributed by atoms with Crippen LogP contribution in [0.25, 0.3) is 16.9 Å². The van der Waals surface area contributed by atoms with E-state index >= 15 is 0 Å². The molecule has 1 aromatic heterocycles. The van der Waals surface area contributed by atoms with Gasteiger partial charge in [-0.1, -0.05) is 48.0 Å². The Morgan fingerprint density at radius 1 is 1.00 bits per heavy atom. The highest BCUT2D eigenvalue weighted by Crippen LogP contribution is 2.32. The smallest absolute Gasteiger partial charge is 0.258 e. The van der Waals surface area contributed by atoms with Gasteiger partial charge in [-0.25, -0.2) is 4.68 Å². The van der Waals surface area contributed by atoms with Crippen LogP contribution in [0.15, 0.2) is 60.8 Å². The lowest BCUT2D eigenvalue weighted by Crippen LogP contribution is -2.42. The summed E-state index contributed by atoms with van der Waals surface area (Å²) in [5.41, 5.74) is 4.59. The fourth-order valence-corrected chi connectivity index (χ4v) is 4.62. The minimum atomic E-state index is 0.110. The number of hydrogen-bond acceptors (Lipinski definition) is 3. The van der Waals surface area contributed by atoms with Crippen LogP contribution in [-0.4, -0.2) is 45.8 Å². The van der Waals surface area contributed by atoms with Crippen LogP contribution in [-0.2, 0) is 0 Å². The molecule has 3 heterocycles. The second kappa shape index (κ2) is 7.48. The van der Waals surface area contributed by atoms with E-state index in [1.807, 2.05) is 53.3 Å². The number of amides is 1. The summed E-state index contributed by atoms with van der Waals surface area (Å²) in [6.45, 7) is 3.94. The van der Waals surface area contributed by atoms with Gasteiger partial charge >= 0.3 is 0 Å². The van der Waals surface area contributed by atoms with Gasteiger partial charge in [-0.05, 0) is 44.9 Å². The van der Waals surface area contributed by atoms with Crippen LogP contribution in [0.5, 0.6) is 0 Å². The van der Waals surface area contributed by atoms with Gasteiger partial charge in [0, 0.05) is 30.4 Å². The Balaban J connectivity index is 1.59. The van der Waals surface area contributed by atoms with Crippen molar-refractivity contribution in [3.05, 3.63) is 71.9 Å². The Morgan fingerprint density at radius 3 is 2.55 bits per heavy atom. The number of benzene rings is 2. The number of nitrogens with one attached hydrogen (secondary N) is 1. The second-order valence-corrected chi connectivity index (χ2v) is 8.13. The van der Waals surface area contributed by atoms with Gasteiger partial charge in [0.15, 0.2) is 0 Å². The van der Waals surface area contributed by atoms with Crippen LogP contribution >= 0.6 is 0 Å². The Bertz CT molecular complexity index is 995. The van der Waals surface area contributed by atoms with E-state index in [9.17, 15) is 4.79 Å². The number of rotatable bonds is 3. The number of carbonyl (C=O) groups excluding carboxylic acids is 1. The van der Waals surface area contributed by atoms with Gasteiger partial charge < -0.3 is 10.2 Å². The molecule has 0 spiro atoms. The summed E-state index contributed by atoms with van der Waals surface area (Å²) in [4.78, 5) is 15.9. The summed E-state index contributed by atoms with van der Waals surface area (Å²) in [5.74, 6) is 0.110. The molecule has 2 atom stereocenters. The first-order chi connectivity index (χ1) is 14.2. The van der Waals surface area contributed by atoms with Crippen molar-refractivity contribution in [1.29, 1.82) is 0 Å². The third kappa shape index (κ3) is 3.36. The molecule has 2 bridgehead atoms. The number of aromatic nitrogens is 2. The van der Waals surface area contributed by atoms with E-state index in [0.29, 0.717) is 11.6 Å². The van der Waals surface area contributed by atoms with Crippen LogP contribution < -0.4 is 5.32 Å². The van der Waals surface area contributed by atoms with Gasteiger partial charge in [-0.3, -0.25) is 4.79 Å². The molecular formula is C24H26N4O. The Kier molecular flexibility index (Phi) is 4.68. The van der Waals surface area contributed by atoms with E-state index in [0.717, 1.165) is 49.3 Å². The van der Waals surface area contributed by atoms with Crippen LogP contribution in [0.3, 0.4) is 0 Å². The molecule has 5 heteroatoms. The highest BCUT2D eigenvalue weighted by molar-refractivity contribution is 6.00. The van der Waals surface area contributed by atoms with Crippen molar-refractivity contribution >= 4 is 5.91 Å². The molecule has 2 aromatic carbocycles. The van der Waals surface area contributed by atoms with Crippen LogP contribution in [0.1, 0.15) is 35.2 Å². The quantitative estimate of drug-likeness (QED) is 0.745. The van der Waals surface area contributed by atoms with E-state index in [4.69, 9.17) is 5.10 Å². The highest BCUT2D eigenvalue weighted by atomic mass is 16.2. The monoisotopic (exact) mass is 386 g/mol. The first kappa shape index (κ1) is 18.1. The maximum atomic E-state index is 13.8. The lowest BCUT2D eigenvalue weighted by molar-refractivity contribution is 0.0681. The van der Waals surface area contributed by atoms with E-state index in [-0.39, 0.29) is 11.9 Å². The zero-order chi connectivity index (χ0) is 19.8. The molecule has 2 unspecified atom stereocenters. The van der Waals surface area contributed by atoms with Crippen molar-refractivity contribution in [3.8, 4) is 16.9 Å². The van der Waals surface area contributed by atoms with Gasteiger partial charge in [0.05, 0.1) is 11.3 Å². The van der Waals surface area contributed by atoms with Crippen molar-refractivity contribution in [2.24, 2.45) is 0 Å². The minimum Gasteiger partial charge on any atom is -0.331 e. The molecule has 2 fully saturated rings. The molecule has 1 N–H and O–H groups in total. The topological polar surface area (TPSA) is 50.2 Å². The van der Waals surface area contributed by atoms with Crippen molar-refractivity contribution in [1.82, 2.24) is 20.0 Å². The molecule has 5 nitrogen and oxygen atoms in total. The normalized spacial score (nSPS) is 21.2. The van der Waals surface area contributed by atoms with Crippen molar-refractivity contribution in [3.63, 3.8) is 0 Å². The molecule has 148 valence electrons. The van der Waals surface area contributed by atoms with E-state index < -0.39 is 0 Å². The van der Waals surface area contributed by atoms with Crippen LogP contribution in [0.2, 0.25) is 0 Å². The lowest BCUT2D eigenvalue weighted by atomic mass is 10.1. The SMILES string of the molecule is Cc1ccc(-n2cc(C(=O)N3C4CCNCC3CC4)c(-c3ccccc3)n2)cc1. The third-order valence-electron chi connectivity index (χ3n) is 6.18. The average Bonchev–Trinajstić information content (AvgIpc) is 3.29. The van der Waals surface area contributed by atoms with E-state index in [2.05, 4.69) is 29.3 Å². The minimum absolute atomic E-state index is 0.110. The third-order valence-corrected chi connectivity index (χ3v) is 6.18. The molecule has 0 saturated carbocycles. The van der Waals surface area contributed by atoms with Gasteiger partial charge in [0.1, 0.15) is 5.69 Å². The summed E-state index contributed by atoms with van der Waals surface area (Å²) < 4.78 is 1.84. The summed E-state index contributed by atoms with van der Waals surface area (Å²) in [6.07, 6.45) is 5.11. The van der Waals surface area contributed by atoms with Crippen molar-refractivity contribution in [2.45, 2.75) is 38.3 Å². The van der Waals surface area contributed by atoms with Crippen molar-refractivity contribution in [2.75, 3.05) is 13.1 Å². The number of carbonyl (C=O) groups is 1. The summed E-state index contributed by atoms with van der Waals surface area (Å²) in [5, 5.41) is 8.33. The highest BCUT2D eigenvalue weighted by Gasteiger charge is 2.39. The van der Waals surface area contributed by atoms with Gasteiger partial charge in [0.25, 0.3) is 5.91 Å². The zero-order valence-electron chi connectivity index (χ0n) is 16.7. The van der Waals surface area contributed by atoms with Gasteiger partial charge in [0.2, 0.25) is 0 Å². The first-order valence-corrected chi connectivity index (χ1v) is 10.5. The molecule has 0 radical (unpaired) electrons. The number of aryl methyl sites for hydroxylation is 1. The molecule has 2 aliphatic heterocycles. The Morgan fingerprint density at radius 2 is 1.76 bits per heavy atom. The van der Waals surface area contributed by atoms with Gasteiger partial charge in [-0.15, -0.1) is 0 Å². The first-order valence-electron chi connectivity index (χ1n) is 10.5. The number of hydrogen-bond donors (Lipinski definition) is 1. The summed E-state index contributed by atoms with van der Waals surface area (Å²) in [7, 11) is 0.